The molecule has 0 unspecified atom stereocenters. The van der Waals surface area contributed by atoms with Crippen LogP contribution in [-0.4, -0.2) is 22.8 Å². The topological polar surface area (TPSA) is 92.8 Å². The van der Waals surface area contributed by atoms with Crippen LogP contribution in [0.1, 0.15) is 0 Å². The van der Waals surface area contributed by atoms with E-state index < -0.39 is 12.6 Å². The van der Waals surface area contributed by atoms with E-state index in [0.717, 1.165) is 0 Å². The monoisotopic (exact) mass is 183 g/mol. The van der Waals surface area contributed by atoms with Gasteiger partial charge in [0.1, 0.15) is 17.2 Å². The molecule has 13 heavy (non-hydrogen) atoms. The fraction of sp³-hybridized carbons (Fsp3) is 0.125. The van der Waals surface area contributed by atoms with Crippen LogP contribution in [0, 0.1) is 0 Å². The zero-order valence-electron chi connectivity index (χ0n) is 6.73. The number of anilines is 1. The molecule has 1 aromatic rings. The van der Waals surface area contributed by atoms with Gasteiger partial charge in [0.25, 0.3) is 0 Å². The first-order valence-electron chi connectivity index (χ1n) is 3.53. The lowest BCUT2D eigenvalue weighted by molar-refractivity contribution is -0.139. The van der Waals surface area contributed by atoms with Gasteiger partial charge >= 0.3 is 5.97 Å². The number of carbonyl (C=O) groups is 1. The summed E-state index contributed by atoms with van der Waals surface area (Å²) >= 11 is 0. The third kappa shape index (κ3) is 2.26. The summed E-state index contributed by atoms with van der Waals surface area (Å²) in [6.07, 6.45) is 0. The summed E-state index contributed by atoms with van der Waals surface area (Å²) in [5.41, 5.74) is 5.45. The molecule has 0 aromatic heterocycles. The van der Waals surface area contributed by atoms with E-state index in [1.54, 1.807) is 0 Å². The Bertz CT molecular complexity index is 324. The highest BCUT2D eigenvalue weighted by molar-refractivity contribution is 5.69. The highest BCUT2D eigenvalue weighted by Gasteiger charge is 2.05. The number of rotatable bonds is 3. The van der Waals surface area contributed by atoms with E-state index >= 15 is 0 Å². The predicted molar refractivity (Wildman–Crippen MR) is 45.7 cm³/mol. The molecule has 0 spiro atoms. The molecular formula is C8H9NO4. The second-order valence-corrected chi connectivity index (χ2v) is 2.37. The minimum Gasteiger partial charge on any atom is -0.506 e. The Morgan fingerprint density at radius 2 is 2.23 bits per heavy atom. The van der Waals surface area contributed by atoms with E-state index in [0.29, 0.717) is 0 Å². The van der Waals surface area contributed by atoms with Gasteiger partial charge in [0.15, 0.2) is 6.61 Å². The van der Waals surface area contributed by atoms with Gasteiger partial charge in [-0.2, -0.15) is 0 Å². The molecule has 1 aromatic carbocycles. The van der Waals surface area contributed by atoms with Crippen LogP contribution in [-0.2, 0) is 4.79 Å². The Hall–Kier alpha value is -1.91. The van der Waals surface area contributed by atoms with Crippen LogP contribution in [0.2, 0.25) is 0 Å². The van der Waals surface area contributed by atoms with Gasteiger partial charge in [0, 0.05) is 0 Å². The van der Waals surface area contributed by atoms with Crippen molar-refractivity contribution >= 4 is 11.7 Å². The van der Waals surface area contributed by atoms with Crippen LogP contribution < -0.4 is 10.5 Å². The molecular weight excluding hydrogens is 174 g/mol. The van der Waals surface area contributed by atoms with E-state index in [-0.39, 0.29) is 17.2 Å². The van der Waals surface area contributed by atoms with Gasteiger partial charge in [0.05, 0.1) is 0 Å². The molecule has 0 saturated heterocycles. The van der Waals surface area contributed by atoms with Crippen molar-refractivity contribution in [2.24, 2.45) is 0 Å². The normalized spacial score (nSPS) is 9.54. The van der Waals surface area contributed by atoms with Crippen molar-refractivity contribution in [3.63, 3.8) is 0 Å². The van der Waals surface area contributed by atoms with Crippen LogP contribution in [0.25, 0.3) is 0 Å². The van der Waals surface area contributed by atoms with Gasteiger partial charge in [-0.25, -0.2) is 4.79 Å². The zero-order valence-corrected chi connectivity index (χ0v) is 6.73. The van der Waals surface area contributed by atoms with Crippen molar-refractivity contribution in [1.29, 1.82) is 0 Å². The molecule has 0 saturated carbocycles. The summed E-state index contributed by atoms with van der Waals surface area (Å²) in [6, 6.07) is 4.39. The minimum atomic E-state index is -1.09. The molecule has 4 N–H and O–H groups in total. The Morgan fingerprint density at radius 3 is 2.85 bits per heavy atom. The molecule has 0 bridgehead atoms. The van der Waals surface area contributed by atoms with Crippen molar-refractivity contribution in [1.82, 2.24) is 0 Å². The fourth-order valence-corrected chi connectivity index (χ4v) is 0.798. The summed E-state index contributed by atoms with van der Waals surface area (Å²) < 4.78 is 4.79. The quantitative estimate of drug-likeness (QED) is 0.467. The van der Waals surface area contributed by atoms with Gasteiger partial charge in [-0.3, -0.25) is 0 Å². The maximum Gasteiger partial charge on any atom is 0.341 e. The lowest BCUT2D eigenvalue weighted by Crippen LogP contribution is -2.10. The minimum absolute atomic E-state index is 0.0451. The molecule has 0 aliphatic heterocycles. The number of para-hydroxylation sites is 1. The molecule has 0 amide bonds. The highest BCUT2D eigenvalue weighted by Crippen LogP contribution is 2.29. The second-order valence-electron chi connectivity index (χ2n) is 2.37. The Kier molecular flexibility index (Phi) is 2.59. The average molecular weight is 183 g/mol. The number of hydrogen-bond acceptors (Lipinski definition) is 4. The van der Waals surface area contributed by atoms with Gasteiger partial charge in [-0.05, 0) is 12.1 Å². The number of phenolic OH excluding ortho intramolecular Hbond substituents is 1. The van der Waals surface area contributed by atoms with E-state index in [1.165, 1.54) is 18.2 Å². The van der Waals surface area contributed by atoms with Crippen LogP contribution in [0.15, 0.2) is 18.2 Å². The van der Waals surface area contributed by atoms with Crippen molar-refractivity contribution < 1.29 is 19.7 Å². The van der Waals surface area contributed by atoms with Crippen molar-refractivity contribution in [3.05, 3.63) is 18.2 Å². The number of phenols is 1. The molecule has 1 rings (SSSR count). The van der Waals surface area contributed by atoms with E-state index in [4.69, 9.17) is 20.7 Å². The summed E-state index contributed by atoms with van der Waals surface area (Å²) in [7, 11) is 0. The molecule has 70 valence electrons. The average Bonchev–Trinajstić information content (AvgIpc) is 2.07. The number of aliphatic carboxylic acids is 1. The number of carboxylic acid groups (broad SMARTS) is 1. The first-order valence-corrected chi connectivity index (χ1v) is 3.53. The van der Waals surface area contributed by atoms with Gasteiger partial charge in [-0.15, -0.1) is 0 Å². The third-order valence-electron chi connectivity index (χ3n) is 1.39. The van der Waals surface area contributed by atoms with Crippen LogP contribution in [0.5, 0.6) is 11.5 Å². The second kappa shape index (κ2) is 3.66. The number of nitrogens with two attached hydrogens (primary N) is 1. The number of carboxylic acids is 1. The van der Waals surface area contributed by atoms with Crippen LogP contribution in [0.4, 0.5) is 5.69 Å². The van der Waals surface area contributed by atoms with E-state index in [2.05, 4.69) is 0 Å². The number of nitrogen functional groups attached to an aromatic ring is 1. The molecule has 0 heterocycles. The predicted octanol–water partition coefficient (Wildman–Crippen LogP) is 0.438. The largest absolute Gasteiger partial charge is 0.506 e. The number of ether oxygens (including phenoxy) is 1. The molecule has 0 aliphatic carbocycles. The van der Waals surface area contributed by atoms with Crippen molar-refractivity contribution in [2.45, 2.75) is 0 Å². The maximum atomic E-state index is 10.1. The highest BCUT2D eigenvalue weighted by atomic mass is 16.5. The SMILES string of the molecule is Nc1c(O)cccc1OCC(=O)O. The molecule has 5 heteroatoms. The Balaban J connectivity index is 2.77. The lowest BCUT2D eigenvalue weighted by atomic mass is 10.3. The van der Waals surface area contributed by atoms with Crippen LogP contribution in [0.3, 0.4) is 0 Å². The summed E-state index contributed by atoms with van der Waals surface area (Å²) in [6.45, 7) is -0.479. The summed E-state index contributed by atoms with van der Waals surface area (Å²) in [5, 5.41) is 17.4. The maximum absolute atomic E-state index is 10.1. The first kappa shape index (κ1) is 9.18. The van der Waals surface area contributed by atoms with Gasteiger partial charge in [0.2, 0.25) is 0 Å². The molecule has 0 atom stereocenters. The zero-order chi connectivity index (χ0) is 9.84. The third-order valence-corrected chi connectivity index (χ3v) is 1.39. The van der Waals surface area contributed by atoms with Crippen LogP contribution >= 0.6 is 0 Å². The Morgan fingerprint density at radius 1 is 1.54 bits per heavy atom. The standard InChI is InChI=1S/C8H9NO4/c9-8-5(10)2-1-3-6(8)13-4-7(11)12/h1-3,10H,4,9H2,(H,11,12). The van der Waals surface area contributed by atoms with Gasteiger partial charge < -0.3 is 20.7 Å². The number of hydrogen-bond donors (Lipinski definition) is 3. The number of benzene rings is 1. The molecule has 0 aliphatic rings. The van der Waals surface area contributed by atoms with Crippen molar-refractivity contribution in [2.75, 3.05) is 12.3 Å². The van der Waals surface area contributed by atoms with Gasteiger partial charge in [-0.1, -0.05) is 6.07 Å². The summed E-state index contributed by atoms with van der Waals surface area (Å²) in [5.74, 6) is -1.05. The summed E-state index contributed by atoms with van der Waals surface area (Å²) in [4.78, 5) is 10.1. The number of aromatic hydroxyl groups is 1. The molecule has 0 radical (unpaired) electrons. The Labute approximate surface area is 74.4 Å². The fourth-order valence-electron chi connectivity index (χ4n) is 0.798. The molecule has 5 nitrogen and oxygen atoms in total. The lowest BCUT2D eigenvalue weighted by Gasteiger charge is -2.06. The van der Waals surface area contributed by atoms with E-state index in [1.807, 2.05) is 0 Å². The first-order chi connectivity index (χ1) is 6.11. The van der Waals surface area contributed by atoms with Crippen molar-refractivity contribution in [3.8, 4) is 11.5 Å². The smallest absolute Gasteiger partial charge is 0.341 e. The molecule has 0 fully saturated rings. The van der Waals surface area contributed by atoms with E-state index in [9.17, 15) is 4.79 Å².